The number of carbonyl (C=O) groups is 1. The van der Waals surface area contributed by atoms with Gasteiger partial charge in [0.25, 0.3) is 5.56 Å². The number of fused-ring (bicyclic) bond motifs is 1. The summed E-state index contributed by atoms with van der Waals surface area (Å²) in [4.78, 5) is 40.2. The second-order valence-corrected chi connectivity index (χ2v) is 6.97. The first-order valence-electron chi connectivity index (χ1n) is 7.21. The Morgan fingerprint density at radius 2 is 1.91 bits per heavy atom. The number of nitrogens with one attached hydrogen (secondary N) is 1. The number of carbonyl (C=O) groups excluding carboxylic acids is 1. The zero-order chi connectivity index (χ0) is 16.7. The van der Waals surface area contributed by atoms with Gasteiger partial charge in [-0.2, -0.15) is 0 Å². The number of aryl methyl sites for hydroxylation is 1. The lowest BCUT2D eigenvalue weighted by Gasteiger charge is -2.19. The normalized spacial score (nSPS) is 11.9. The van der Waals surface area contributed by atoms with E-state index < -0.39 is 17.3 Å². The van der Waals surface area contributed by atoms with Crippen LogP contribution in [0, 0.1) is 0 Å². The first kappa shape index (κ1) is 16.5. The van der Waals surface area contributed by atoms with E-state index in [9.17, 15) is 14.4 Å². The van der Waals surface area contributed by atoms with E-state index in [0.717, 1.165) is 15.9 Å². The Hall–Kier alpha value is -1.89. The molecule has 2 heterocycles. The van der Waals surface area contributed by atoms with Crippen molar-refractivity contribution in [1.29, 1.82) is 0 Å². The Balaban J connectivity index is 2.73. The van der Waals surface area contributed by atoms with Crippen LogP contribution in [0.25, 0.3) is 10.2 Å². The van der Waals surface area contributed by atoms with Crippen LogP contribution in [0.1, 0.15) is 49.9 Å². The summed E-state index contributed by atoms with van der Waals surface area (Å²) in [5.41, 5.74) is -0.795. The SMILES string of the molecule is CCc1c(C(=O)OC(C)(C)C)sc2[nH]c(=O)n(CC)c(=O)c12. The average molecular weight is 324 g/mol. The summed E-state index contributed by atoms with van der Waals surface area (Å²) < 4.78 is 6.53. The largest absolute Gasteiger partial charge is 0.456 e. The minimum atomic E-state index is -0.616. The van der Waals surface area contributed by atoms with Gasteiger partial charge in [-0.05, 0) is 39.7 Å². The summed E-state index contributed by atoms with van der Waals surface area (Å²) in [6.45, 7) is 9.25. The average Bonchev–Trinajstić information content (AvgIpc) is 2.75. The maximum absolute atomic E-state index is 12.5. The van der Waals surface area contributed by atoms with E-state index in [1.165, 1.54) is 0 Å². The van der Waals surface area contributed by atoms with Gasteiger partial charge in [0.15, 0.2) is 0 Å². The smallest absolute Gasteiger partial charge is 0.349 e. The van der Waals surface area contributed by atoms with E-state index in [2.05, 4.69) is 4.98 Å². The minimum absolute atomic E-state index is 0.283. The Morgan fingerprint density at radius 1 is 1.27 bits per heavy atom. The number of rotatable bonds is 3. The molecule has 120 valence electrons. The lowest BCUT2D eigenvalue weighted by Crippen LogP contribution is -2.34. The molecule has 0 radical (unpaired) electrons. The number of H-pyrrole nitrogens is 1. The van der Waals surface area contributed by atoms with Gasteiger partial charge in [-0.3, -0.25) is 14.3 Å². The molecule has 0 unspecified atom stereocenters. The molecule has 22 heavy (non-hydrogen) atoms. The van der Waals surface area contributed by atoms with E-state index in [1.54, 1.807) is 27.7 Å². The predicted octanol–water partition coefficient (Wildman–Crippen LogP) is 2.29. The van der Waals surface area contributed by atoms with E-state index >= 15 is 0 Å². The van der Waals surface area contributed by atoms with Crippen LogP contribution < -0.4 is 11.2 Å². The van der Waals surface area contributed by atoms with Gasteiger partial charge in [0, 0.05) is 6.54 Å². The fourth-order valence-electron chi connectivity index (χ4n) is 2.29. The van der Waals surface area contributed by atoms with Crippen LogP contribution in [0.5, 0.6) is 0 Å². The molecule has 6 nitrogen and oxygen atoms in total. The van der Waals surface area contributed by atoms with Crippen LogP contribution in [-0.2, 0) is 17.7 Å². The molecule has 0 aromatic carbocycles. The summed E-state index contributed by atoms with van der Waals surface area (Å²) in [5.74, 6) is -0.464. The fraction of sp³-hybridized carbons (Fsp3) is 0.533. The molecule has 0 aliphatic carbocycles. The Labute approximate surface area is 131 Å². The standard InChI is InChI=1S/C15H20N2O4S/c1-6-8-9-11(16-14(20)17(7-2)12(9)18)22-10(8)13(19)21-15(3,4)5/h6-7H2,1-5H3,(H,16,20). The number of hydrogen-bond acceptors (Lipinski definition) is 5. The molecular formula is C15H20N2O4S. The van der Waals surface area contributed by atoms with Gasteiger partial charge in [-0.1, -0.05) is 6.92 Å². The molecule has 0 bridgehead atoms. The third-order valence-corrected chi connectivity index (χ3v) is 4.31. The highest BCUT2D eigenvalue weighted by Crippen LogP contribution is 2.29. The highest BCUT2D eigenvalue weighted by atomic mass is 32.1. The molecule has 0 aliphatic heterocycles. The van der Waals surface area contributed by atoms with Gasteiger partial charge in [0.05, 0.1) is 5.39 Å². The number of hydrogen-bond donors (Lipinski definition) is 1. The monoisotopic (exact) mass is 324 g/mol. The zero-order valence-electron chi connectivity index (χ0n) is 13.4. The first-order valence-corrected chi connectivity index (χ1v) is 8.03. The maximum atomic E-state index is 12.5. The summed E-state index contributed by atoms with van der Waals surface area (Å²) in [6.07, 6.45) is 0.513. The number of aromatic nitrogens is 2. The summed E-state index contributed by atoms with van der Waals surface area (Å²) in [5, 5.41) is 0.412. The van der Waals surface area contributed by atoms with Crippen molar-refractivity contribution in [1.82, 2.24) is 9.55 Å². The highest BCUT2D eigenvalue weighted by Gasteiger charge is 2.25. The summed E-state index contributed by atoms with van der Waals surface area (Å²) in [6, 6.07) is 0. The van der Waals surface area contributed by atoms with Crippen LogP contribution in [0.2, 0.25) is 0 Å². The van der Waals surface area contributed by atoms with Crippen molar-refractivity contribution in [3.05, 3.63) is 31.3 Å². The number of thiophene rings is 1. The van der Waals surface area contributed by atoms with Gasteiger partial charge in [0.1, 0.15) is 15.3 Å². The lowest BCUT2D eigenvalue weighted by molar-refractivity contribution is 0.00743. The molecule has 0 fully saturated rings. The minimum Gasteiger partial charge on any atom is -0.456 e. The van der Waals surface area contributed by atoms with Crippen molar-refractivity contribution in [3.63, 3.8) is 0 Å². The molecular weight excluding hydrogens is 304 g/mol. The van der Waals surface area contributed by atoms with Crippen molar-refractivity contribution in [3.8, 4) is 0 Å². The van der Waals surface area contributed by atoms with Gasteiger partial charge < -0.3 is 4.74 Å². The molecule has 2 aromatic rings. The number of esters is 1. The predicted molar refractivity (Wildman–Crippen MR) is 86.9 cm³/mol. The molecule has 0 atom stereocenters. The van der Waals surface area contributed by atoms with E-state index in [0.29, 0.717) is 27.1 Å². The van der Waals surface area contributed by atoms with Crippen molar-refractivity contribution in [2.75, 3.05) is 0 Å². The molecule has 0 saturated heterocycles. The first-order chi connectivity index (χ1) is 10.2. The lowest BCUT2D eigenvalue weighted by atomic mass is 10.1. The molecule has 2 rings (SSSR count). The van der Waals surface area contributed by atoms with Gasteiger partial charge >= 0.3 is 11.7 Å². The van der Waals surface area contributed by atoms with Crippen LogP contribution >= 0.6 is 11.3 Å². The Morgan fingerprint density at radius 3 is 2.41 bits per heavy atom. The maximum Gasteiger partial charge on any atom is 0.349 e. The van der Waals surface area contributed by atoms with Crippen LogP contribution in [0.4, 0.5) is 0 Å². The molecule has 2 aromatic heterocycles. The number of aromatic amines is 1. The molecule has 0 saturated carbocycles. The molecule has 0 aliphatic rings. The van der Waals surface area contributed by atoms with Gasteiger partial charge in [-0.25, -0.2) is 9.59 Å². The number of nitrogens with zero attached hydrogens (tertiary/aromatic N) is 1. The van der Waals surface area contributed by atoms with Gasteiger partial charge in [0.2, 0.25) is 0 Å². The molecule has 0 amide bonds. The quantitative estimate of drug-likeness (QED) is 0.878. The van der Waals surface area contributed by atoms with Crippen LogP contribution in [-0.4, -0.2) is 21.1 Å². The number of ether oxygens (including phenoxy) is 1. The van der Waals surface area contributed by atoms with E-state index in [1.807, 2.05) is 6.92 Å². The second-order valence-electron chi connectivity index (χ2n) is 5.95. The van der Waals surface area contributed by atoms with E-state index in [-0.39, 0.29) is 12.1 Å². The third-order valence-electron chi connectivity index (χ3n) is 3.19. The summed E-state index contributed by atoms with van der Waals surface area (Å²) >= 11 is 1.10. The van der Waals surface area contributed by atoms with Crippen LogP contribution in [0.15, 0.2) is 9.59 Å². The summed E-state index contributed by atoms with van der Waals surface area (Å²) in [7, 11) is 0. The van der Waals surface area contributed by atoms with Crippen molar-refractivity contribution in [2.45, 2.75) is 53.2 Å². The fourth-order valence-corrected chi connectivity index (χ4v) is 3.43. The van der Waals surface area contributed by atoms with Crippen molar-refractivity contribution in [2.24, 2.45) is 0 Å². The van der Waals surface area contributed by atoms with E-state index in [4.69, 9.17) is 4.74 Å². The molecule has 7 heteroatoms. The van der Waals surface area contributed by atoms with Crippen molar-refractivity contribution >= 4 is 27.5 Å². The topological polar surface area (TPSA) is 81.2 Å². The third kappa shape index (κ3) is 2.85. The second kappa shape index (κ2) is 5.72. The molecule has 0 spiro atoms. The Bertz CT molecular complexity index is 836. The molecule has 1 N–H and O–H groups in total. The Kier molecular flexibility index (Phi) is 4.28. The zero-order valence-corrected chi connectivity index (χ0v) is 14.2. The highest BCUT2D eigenvalue weighted by molar-refractivity contribution is 7.20. The van der Waals surface area contributed by atoms with Crippen molar-refractivity contribution < 1.29 is 9.53 Å². The van der Waals surface area contributed by atoms with Gasteiger partial charge in [-0.15, -0.1) is 11.3 Å². The van der Waals surface area contributed by atoms with Crippen LogP contribution in [0.3, 0.4) is 0 Å².